The van der Waals surface area contributed by atoms with Gasteiger partial charge in [0.25, 0.3) is 0 Å². The fourth-order valence-electron chi connectivity index (χ4n) is 3.49. The molecule has 0 aliphatic carbocycles. The number of amides is 1. The summed E-state index contributed by atoms with van der Waals surface area (Å²) in [5, 5.41) is 0. The molecule has 2 rings (SSSR count). The summed E-state index contributed by atoms with van der Waals surface area (Å²) < 4.78 is 5.47. The quantitative estimate of drug-likeness (QED) is 0.907. The number of ether oxygens (including phenoxy) is 1. The number of carbonyl (C=O) groups excluding carboxylic acids is 1. The monoisotopic (exact) mass is 304 g/mol. The number of carbonyl (C=O) groups is 1. The van der Waals surface area contributed by atoms with Crippen LogP contribution in [0.4, 0.5) is 4.79 Å². The molecule has 1 fully saturated rings. The van der Waals surface area contributed by atoms with Gasteiger partial charge in [0, 0.05) is 13.1 Å². The smallest absolute Gasteiger partial charge is 0.410 e. The van der Waals surface area contributed by atoms with Crippen LogP contribution < -0.4 is 5.73 Å². The van der Waals surface area contributed by atoms with E-state index in [1.807, 2.05) is 35.2 Å². The van der Waals surface area contributed by atoms with Crippen LogP contribution in [0.5, 0.6) is 0 Å². The molecule has 122 valence electrons. The van der Waals surface area contributed by atoms with Gasteiger partial charge in [0.05, 0.1) is 0 Å². The van der Waals surface area contributed by atoms with Crippen molar-refractivity contribution in [2.24, 2.45) is 17.1 Å². The van der Waals surface area contributed by atoms with Gasteiger partial charge >= 0.3 is 6.09 Å². The van der Waals surface area contributed by atoms with E-state index in [1.54, 1.807) is 0 Å². The Kier molecular flexibility index (Phi) is 5.83. The minimum atomic E-state index is -0.203. The average Bonchev–Trinajstić information content (AvgIpc) is 2.56. The van der Waals surface area contributed by atoms with Crippen LogP contribution in [0.15, 0.2) is 30.3 Å². The van der Waals surface area contributed by atoms with Crippen LogP contribution in [-0.2, 0) is 11.3 Å². The predicted molar refractivity (Wildman–Crippen MR) is 88.4 cm³/mol. The molecule has 1 aliphatic heterocycles. The van der Waals surface area contributed by atoms with Gasteiger partial charge in [-0.3, -0.25) is 0 Å². The van der Waals surface area contributed by atoms with Gasteiger partial charge in [0.15, 0.2) is 0 Å². The van der Waals surface area contributed by atoms with E-state index < -0.39 is 0 Å². The van der Waals surface area contributed by atoms with Gasteiger partial charge < -0.3 is 15.4 Å². The second-order valence-corrected chi connectivity index (χ2v) is 6.41. The standard InChI is InChI=1S/C18H28N2O2/c1-3-18(10-11-19)14-20(12-9-15(18)2)17(21)22-13-16-7-5-4-6-8-16/h4-8,15H,3,9-14,19H2,1-2H3/t15-,18-/m1/s1. The second-order valence-electron chi connectivity index (χ2n) is 6.41. The maximum Gasteiger partial charge on any atom is 0.410 e. The number of nitrogens with two attached hydrogens (primary N) is 1. The summed E-state index contributed by atoms with van der Waals surface area (Å²) in [6.07, 6.45) is 2.83. The van der Waals surface area contributed by atoms with E-state index in [0.717, 1.165) is 37.9 Å². The second kappa shape index (κ2) is 7.63. The van der Waals surface area contributed by atoms with Gasteiger partial charge in [-0.05, 0) is 42.7 Å². The fraction of sp³-hybridized carbons (Fsp3) is 0.611. The van der Waals surface area contributed by atoms with E-state index in [-0.39, 0.29) is 11.5 Å². The molecule has 22 heavy (non-hydrogen) atoms. The Hall–Kier alpha value is -1.55. The van der Waals surface area contributed by atoms with Crippen LogP contribution in [0.25, 0.3) is 0 Å². The van der Waals surface area contributed by atoms with Gasteiger partial charge in [0.2, 0.25) is 0 Å². The lowest BCUT2D eigenvalue weighted by Gasteiger charge is -2.46. The zero-order chi connectivity index (χ0) is 16.0. The molecular formula is C18H28N2O2. The van der Waals surface area contributed by atoms with Crippen molar-refractivity contribution in [3.63, 3.8) is 0 Å². The number of nitrogens with zero attached hydrogens (tertiary/aromatic N) is 1. The van der Waals surface area contributed by atoms with E-state index in [4.69, 9.17) is 10.5 Å². The molecule has 2 atom stereocenters. The van der Waals surface area contributed by atoms with Crippen molar-refractivity contribution in [2.75, 3.05) is 19.6 Å². The van der Waals surface area contributed by atoms with Crippen LogP contribution in [0.1, 0.15) is 38.7 Å². The Morgan fingerprint density at radius 1 is 1.41 bits per heavy atom. The summed E-state index contributed by atoms with van der Waals surface area (Å²) >= 11 is 0. The highest BCUT2D eigenvalue weighted by Gasteiger charge is 2.40. The van der Waals surface area contributed by atoms with Gasteiger partial charge in [0.1, 0.15) is 6.61 Å². The van der Waals surface area contributed by atoms with Gasteiger partial charge in [-0.2, -0.15) is 0 Å². The van der Waals surface area contributed by atoms with Crippen molar-refractivity contribution < 1.29 is 9.53 Å². The lowest BCUT2D eigenvalue weighted by Crippen LogP contribution is -2.50. The molecule has 4 heteroatoms. The first-order valence-electron chi connectivity index (χ1n) is 8.27. The van der Waals surface area contributed by atoms with Crippen molar-refractivity contribution in [3.05, 3.63) is 35.9 Å². The topological polar surface area (TPSA) is 55.6 Å². The largest absolute Gasteiger partial charge is 0.445 e. The molecule has 0 spiro atoms. The first kappa shape index (κ1) is 16.8. The predicted octanol–water partition coefficient (Wildman–Crippen LogP) is 3.41. The fourth-order valence-corrected chi connectivity index (χ4v) is 3.49. The maximum absolute atomic E-state index is 12.4. The van der Waals surface area contributed by atoms with E-state index in [0.29, 0.717) is 19.1 Å². The molecule has 0 bridgehead atoms. The highest BCUT2D eigenvalue weighted by molar-refractivity contribution is 5.67. The summed E-state index contributed by atoms with van der Waals surface area (Å²) in [6.45, 7) is 7.03. The summed E-state index contributed by atoms with van der Waals surface area (Å²) in [5.74, 6) is 0.597. The summed E-state index contributed by atoms with van der Waals surface area (Å²) in [7, 11) is 0. The van der Waals surface area contributed by atoms with Crippen LogP contribution in [0.2, 0.25) is 0 Å². The zero-order valence-corrected chi connectivity index (χ0v) is 13.8. The highest BCUT2D eigenvalue weighted by atomic mass is 16.6. The van der Waals surface area contributed by atoms with Gasteiger partial charge in [-0.25, -0.2) is 4.79 Å². The maximum atomic E-state index is 12.4. The molecule has 4 nitrogen and oxygen atoms in total. The van der Waals surface area contributed by atoms with Crippen LogP contribution in [-0.4, -0.2) is 30.6 Å². The number of hydrogen-bond donors (Lipinski definition) is 1. The molecule has 1 amide bonds. The van der Waals surface area contributed by atoms with Crippen molar-refractivity contribution in [1.82, 2.24) is 4.90 Å². The average molecular weight is 304 g/mol. The molecule has 1 aliphatic rings. The lowest BCUT2D eigenvalue weighted by molar-refractivity contribution is 0.0154. The summed E-state index contributed by atoms with van der Waals surface area (Å²) in [6, 6.07) is 9.80. The third kappa shape index (κ3) is 3.80. The summed E-state index contributed by atoms with van der Waals surface area (Å²) in [4.78, 5) is 14.2. The molecular weight excluding hydrogens is 276 g/mol. The number of likely N-dealkylation sites (tertiary alicyclic amines) is 1. The Bertz CT molecular complexity index is 477. The molecule has 1 heterocycles. The minimum Gasteiger partial charge on any atom is -0.445 e. The third-order valence-electron chi connectivity index (χ3n) is 5.19. The Morgan fingerprint density at radius 2 is 2.14 bits per heavy atom. The number of benzene rings is 1. The van der Waals surface area contributed by atoms with Gasteiger partial charge in [-0.15, -0.1) is 0 Å². The van der Waals surface area contributed by atoms with Crippen LogP contribution in [0.3, 0.4) is 0 Å². The summed E-state index contributed by atoms with van der Waals surface area (Å²) in [5.41, 5.74) is 6.96. The van der Waals surface area contributed by atoms with E-state index >= 15 is 0 Å². The van der Waals surface area contributed by atoms with E-state index in [2.05, 4.69) is 13.8 Å². The van der Waals surface area contributed by atoms with Crippen molar-refractivity contribution in [1.29, 1.82) is 0 Å². The van der Waals surface area contributed by atoms with Gasteiger partial charge in [-0.1, -0.05) is 44.2 Å². The van der Waals surface area contributed by atoms with E-state index in [1.165, 1.54) is 0 Å². The molecule has 0 saturated carbocycles. The lowest BCUT2D eigenvalue weighted by atomic mass is 9.68. The molecule has 0 unspecified atom stereocenters. The molecule has 1 saturated heterocycles. The molecule has 1 aromatic carbocycles. The number of piperidine rings is 1. The Labute approximate surface area is 133 Å². The minimum absolute atomic E-state index is 0.138. The Morgan fingerprint density at radius 3 is 2.77 bits per heavy atom. The first-order valence-corrected chi connectivity index (χ1v) is 8.27. The van der Waals surface area contributed by atoms with Crippen molar-refractivity contribution in [2.45, 2.75) is 39.7 Å². The third-order valence-corrected chi connectivity index (χ3v) is 5.19. The van der Waals surface area contributed by atoms with E-state index in [9.17, 15) is 4.79 Å². The van der Waals surface area contributed by atoms with Crippen LogP contribution >= 0.6 is 0 Å². The molecule has 1 aromatic rings. The molecule has 0 radical (unpaired) electrons. The van der Waals surface area contributed by atoms with Crippen LogP contribution in [0, 0.1) is 11.3 Å². The Balaban J connectivity index is 1.95. The SMILES string of the molecule is CC[C@@]1(CCN)CN(C(=O)OCc2ccccc2)CC[C@H]1C. The van der Waals surface area contributed by atoms with Crippen molar-refractivity contribution in [3.8, 4) is 0 Å². The number of rotatable bonds is 5. The zero-order valence-electron chi connectivity index (χ0n) is 13.8. The van der Waals surface area contributed by atoms with Crippen molar-refractivity contribution >= 4 is 6.09 Å². The normalized spacial score (nSPS) is 25.0. The number of hydrogen-bond acceptors (Lipinski definition) is 3. The highest BCUT2D eigenvalue weighted by Crippen LogP contribution is 2.41. The first-order chi connectivity index (χ1) is 10.6. The molecule has 0 aromatic heterocycles. The molecule has 2 N–H and O–H groups in total.